The average Bonchev–Trinajstić information content (AvgIpc) is 3.28. The quantitative estimate of drug-likeness (QED) is 0.521. The van der Waals surface area contributed by atoms with Gasteiger partial charge < -0.3 is 4.74 Å². The number of ether oxygens (including phenoxy) is 1. The monoisotopic (exact) mass is 373 g/mol. The van der Waals surface area contributed by atoms with Crippen molar-refractivity contribution in [3.63, 3.8) is 0 Å². The molecule has 0 fully saturated rings. The number of nitrogens with zero attached hydrogens (tertiary/aromatic N) is 4. The van der Waals surface area contributed by atoms with Crippen LogP contribution in [0.5, 0.6) is 5.88 Å². The molecule has 0 saturated heterocycles. The summed E-state index contributed by atoms with van der Waals surface area (Å²) in [4.78, 5) is 0. The van der Waals surface area contributed by atoms with E-state index in [-0.39, 0.29) is 5.66 Å². The highest BCUT2D eigenvalue weighted by Crippen LogP contribution is 2.36. The molecule has 0 aliphatic carbocycles. The molecule has 136 valence electrons. The zero-order valence-corrected chi connectivity index (χ0v) is 15.1. The van der Waals surface area contributed by atoms with Crippen LogP contribution in [-0.4, -0.2) is 30.5 Å². The predicted molar refractivity (Wildman–Crippen MR) is 98.0 cm³/mol. The Labute approximate surface area is 153 Å². The molecule has 26 heavy (non-hydrogen) atoms. The molecular formula is C17H19N5O3S. The van der Waals surface area contributed by atoms with E-state index >= 15 is 0 Å². The van der Waals surface area contributed by atoms with Gasteiger partial charge in [-0.05, 0) is 31.2 Å². The van der Waals surface area contributed by atoms with Crippen LogP contribution in [0.25, 0.3) is 5.69 Å². The third kappa shape index (κ3) is 4.40. The zero-order valence-electron chi connectivity index (χ0n) is 14.3. The van der Waals surface area contributed by atoms with Crippen LogP contribution in [0.3, 0.4) is 0 Å². The molecule has 0 spiro atoms. The molecule has 0 amide bonds. The molecule has 8 nitrogen and oxygen atoms in total. The van der Waals surface area contributed by atoms with Crippen molar-refractivity contribution in [1.29, 1.82) is 0 Å². The number of aryl methyl sites for hydroxylation is 1. The van der Waals surface area contributed by atoms with E-state index in [0.717, 1.165) is 17.8 Å². The molecule has 1 aliphatic rings. The van der Waals surface area contributed by atoms with Gasteiger partial charge in [-0.3, -0.25) is 4.72 Å². The lowest BCUT2D eigenvalue weighted by Crippen LogP contribution is -2.16. The fraction of sp³-hybridized carbons (Fsp3) is 0.353. The van der Waals surface area contributed by atoms with Crippen molar-refractivity contribution in [2.45, 2.75) is 31.8 Å². The van der Waals surface area contributed by atoms with E-state index in [1.54, 1.807) is 28.9 Å². The standard InChI is InChI=1S/C17H19N5O3S/c1-3-4-9-17(20-21-17)10-11-25-16-12-13(2)18-22(16)15-7-5-14(6-8-15)19-26(23)24/h1,5-8,12,26H,4,9-11H2,2H3,(H,19,23,24). The number of benzene rings is 1. The number of aromatic nitrogens is 2. The largest absolute Gasteiger partial charge is 0.477 e. The van der Waals surface area contributed by atoms with Crippen LogP contribution in [0.1, 0.15) is 25.0 Å². The van der Waals surface area contributed by atoms with Crippen LogP contribution in [0, 0.1) is 19.3 Å². The summed E-state index contributed by atoms with van der Waals surface area (Å²) in [7, 11) is -2.69. The lowest BCUT2D eigenvalue weighted by atomic mass is 10.1. The minimum atomic E-state index is -2.69. The van der Waals surface area contributed by atoms with Crippen molar-refractivity contribution in [2.75, 3.05) is 11.3 Å². The maximum atomic E-state index is 10.7. The molecular weight excluding hydrogens is 354 g/mol. The number of rotatable bonds is 9. The van der Waals surface area contributed by atoms with Crippen LogP contribution in [0.2, 0.25) is 0 Å². The Morgan fingerprint density at radius 1 is 1.27 bits per heavy atom. The van der Waals surface area contributed by atoms with E-state index in [1.807, 2.05) is 13.0 Å². The molecule has 9 heteroatoms. The van der Waals surface area contributed by atoms with Gasteiger partial charge in [0.15, 0.2) is 5.66 Å². The molecule has 1 aromatic carbocycles. The van der Waals surface area contributed by atoms with E-state index in [2.05, 4.69) is 26.0 Å². The normalized spacial score (nSPS) is 14.2. The first kappa shape index (κ1) is 17.9. The highest BCUT2D eigenvalue weighted by molar-refractivity contribution is 7.73. The smallest absolute Gasteiger partial charge is 0.222 e. The van der Waals surface area contributed by atoms with Crippen LogP contribution < -0.4 is 9.46 Å². The summed E-state index contributed by atoms with van der Waals surface area (Å²) < 4.78 is 31.3. The minimum Gasteiger partial charge on any atom is -0.477 e. The van der Waals surface area contributed by atoms with Gasteiger partial charge in [-0.2, -0.15) is 15.3 Å². The van der Waals surface area contributed by atoms with Crippen LogP contribution in [0.15, 0.2) is 40.6 Å². The second-order valence-electron chi connectivity index (χ2n) is 5.94. The van der Waals surface area contributed by atoms with E-state index < -0.39 is 10.9 Å². The highest BCUT2D eigenvalue weighted by atomic mass is 32.2. The molecule has 2 aromatic rings. The summed E-state index contributed by atoms with van der Waals surface area (Å²) in [5.41, 5.74) is 1.69. The van der Waals surface area contributed by atoms with E-state index in [9.17, 15) is 8.42 Å². The number of nitrogens with one attached hydrogen (secondary N) is 1. The number of anilines is 1. The van der Waals surface area contributed by atoms with E-state index in [0.29, 0.717) is 31.0 Å². The van der Waals surface area contributed by atoms with Crippen LogP contribution in [0.4, 0.5) is 5.69 Å². The molecule has 1 N–H and O–H groups in total. The Kier molecular flexibility index (Phi) is 5.23. The van der Waals surface area contributed by atoms with E-state index in [1.165, 1.54) is 0 Å². The van der Waals surface area contributed by atoms with Gasteiger partial charge >= 0.3 is 0 Å². The second-order valence-corrected chi connectivity index (χ2v) is 6.67. The van der Waals surface area contributed by atoms with Crippen molar-refractivity contribution in [2.24, 2.45) is 10.2 Å². The number of thiol groups is 1. The third-order valence-corrected chi connectivity index (χ3v) is 4.38. The molecule has 0 atom stereocenters. The fourth-order valence-electron chi connectivity index (χ4n) is 2.53. The molecule has 0 unspecified atom stereocenters. The minimum absolute atomic E-state index is 0.380. The Morgan fingerprint density at radius 2 is 2.00 bits per heavy atom. The Morgan fingerprint density at radius 3 is 2.62 bits per heavy atom. The number of hydrogen-bond acceptors (Lipinski definition) is 6. The van der Waals surface area contributed by atoms with Gasteiger partial charge in [0.05, 0.1) is 18.0 Å². The Hall–Kier alpha value is -2.86. The van der Waals surface area contributed by atoms with Gasteiger partial charge in [-0.1, -0.05) is 0 Å². The molecule has 0 bridgehead atoms. The highest BCUT2D eigenvalue weighted by Gasteiger charge is 2.39. The van der Waals surface area contributed by atoms with Gasteiger partial charge in [-0.15, -0.1) is 12.3 Å². The maximum absolute atomic E-state index is 10.7. The van der Waals surface area contributed by atoms with Crippen molar-refractivity contribution in [3.8, 4) is 23.9 Å². The average molecular weight is 373 g/mol. The summed E-state index contributed by atoms with van der Waals surface area (Å²) in [5, 5.41) is 12.6. The van der Waals surface area contributed by atoms with Crippen LogP contribution >= 0.6 is 0 Å². The Bertz CT molecular complexity index is 911. The van der Waals surface area contributed by atoms with E-state index in [4.69, 9.17) is 11.2 Å². The Balaban J connectivity index is 1.65. The summed E-state index contributed by atoms with van der Waals surface area (Å²) in [6.07, 6.45) is 7.33. The number of hydrogen-bond donors (Lipinski definition) is 2. The first-order valence-corrected chi connectivity index (χ1v) is 9.28. The predicted octanol–water partition coefficient (Wildman–Crippen LogP) is 2.46. The fourth-order valence-corrected chi connectivity index (χ4v) is 2.89. The zero-order chi connectivity index (χ0) is 18.6. The summed E-state index contributed by atoms with van der Waals surface area (Å²) >= 11 is 0. The molecule has 0 saturated carbocycles. The summed E-state index contributed by atoms with van der Waals surface area (Å²) in [6.45, 7) is 2.32. The lowest BCUT2D eigenvalue weighted by Gasteiger charge is -2.12. The first-order valence-electron chi connectivity index (χ1n) is 8.10. The summed E-state index contributed by atoms with van der Waals surface area (Å²) in [6, 6.07) is 8.70. The van der Waals surface area contributed by atoms with Gasteiger partial charge in [-0.25, -0.2) is 13.1 Å². The third-order valence-electron chi connectivity index (χ3n) is 3.94. The second kappa shape index (κ2) is 7.58. The molecule has 1 aliphatic heterocycles. The van der Waals surface area contributed by atoms with Crippen molar-refractivity contribution in [3.05, 3.63) is 36.0 Å². The number of terminal acetylenes is 1. The van der Waals surface area contributed by atoms with Gasteiger partial charge in [0.1, 0.15) is 0 Å². The summed E-state index contributed by atoms with van der Waals surface area (Å²) in [5.74, 6) is 3.21. The van der Waals surface area contributed by atoms with Crippen LogP contribution in [-0.2, 0) is 10.9 Å². The van der Waals surface area contributed by atoms with Gasteiger partial charge in [0.25, 0.3) is 0 Å². The van der Waals surface area contributed by atoms with Gasteiger partial charge in [0, 0.05) is 31.0 Å². The van der Waals surface area contributed by atoms with Crippen molar-refractivity contribution in [1.82, 2.24) is 9.78 Å². The maximum Gasteiger partial charge on any atom is 0.222 e. The molecule has 0 radical (unpaired) electrons. The van der Waals surface area contributed by atoms with Crippen molar-refractivity contribution < 1.29 is 13.2 Å². The molecule has 1 aromatic heterocycles. The molecule has 3 rings (SSSR count). The lowest BCUT2D eigenvalue weighted by molar-refractivity contribution is 0.267. The topological polar surface area (TPSA) is 97.9 Å². The first-order chi connectivity index (χ1) is 12.5. The SMILES string of the molecule is C#CCCC1(CCOc2cc(C)nn2-c2ccc(N[SH](=O)=O)cc2)N=N1. The van der Waals surface area contributed by atoms with Crippen molar-refractivity contribution >= 4 is 16.6 Å². The molecule has 2 heterocycles. The van der Waals surface area contributed by atoms with Gasteiger partial charge in [0.2, 0.25) is 16.8 Å².